The molecule has 0 saturated carbocycles. The van der Waals surface area contributed by atoms with Gasteiger partial charge in [0.15, 0.2) is 17.3 Å². The highest BCUT2D eigenvalue weighted by atomic mass is 16.3. The van der Waals surface area contributed by atoms with Crippen LogP contribution in [-0.4, -0.2) is 77.0 Å². The van der Waals surface area contributed by atoms with Gasteiger partial charge in [0.1, 0.15) is 19.8 Å². The topological polar surface area (TPSA) is 115 Å². The lowest BCUT2D eigenvalue weighted by molar-refractivity contribution is -0.128. The zero-order chi connectivity index (χ0) is 12.6. The molecule has 0 atom stereocenters. The van der Waals surface area contributed by atoms with Crippen molar-refractivity contribution in [2.24, 2.45) is 0 Å². The summed E-state index contributed by atoms with van der Waals surface area (Å²) < 4.78 is 0. The van der Waals surface area contributed by atoms with Gasteiger partial charge in [0.2, 0.25) is 0 Å². The molecule has 0 aromatic rings. The zero-order valence-corrected chi connectivity index (χ0v) is 8.76. The Morgan fingerprint density at radius 1 is 0.688 bits per heavy atom. The second kappa shape index (κ2) is 8.05. The minimum atomic E-state index is -0.683. The van der Waals surface area contributed by atoms with E-state index in [1.54, 1.807) is 0 Å². The molecule has 0 aliphatic heterocycles. The van der Waals surface area contributed by atoms with Gasteiger partial charge in [-0.05, 0) is 0 Å². The Hall–Kier alpha value is -1.15. The Labute approximate surface area is 92.3 Å². The molecule has 0 radical (unpaired) electrons. The van der Waals surface area contributed by atoms with Crippen molar-refractivity contribution in [3.63, 3.8) is 0 Å². The van der Waals surface area contributed by atoms with Gasteiger partial charge in [-0.25, -0.2) is 0 Å². The second-order valence-electron chi connectivity index (χ2n) is 3.24. The SMILES string of the molecule is O=C(CO)CN(CC(=O)CO)CC(=O)CO. The molecule has 0 aliphatic rings. The number of rotatable bonds is 9. The van der Waals surface area contributed by atoms with E-state index in [4.69, 9.17) is 15.3 Å². The summed E-state index contributed by atoms with van der Waals surface area (Å²) in [6, 6.07) is 0. The number of hydrogen-bond acceptors (Lipinski definition) is 7. The molecule has 0 aromatic carbocycles. The second-order valence-corrected chi connectivity index (χ2v) is 3.24. The first kappa shape index (κ1) is 14.8. The highest BCUT2D eigenvalue weighted by Gasteiger charge is 2.16. The number of ketones is 3. The fraction of sp³-hybridized carbons (Fsp3) is 0.667. The van der Waals surface area contributed by atoms with Gasteiger partial charge in [-0.3, -0.25) is 19.3 Å². The van der Waals surface area contributed by atoms with Gasteiger partial charge >= 0.3 is 0 Å². The van der Waals surface area contributed by atoms with Gasteiger partial charge in [0.25, 0.3) is 0 Å². The van der Waals surface area contributed by atoms with E-state index in [-0.39, 0.29) is 19.6 Å². The van der Waals surface area contributed by atoms with E-state index in [2.05, 4.69) is 0 Å². The van der Waals surface area contributed by atoms with Crippen LogP contribution in [0.4, 0.5) is 0 Å². The van der Waals surface area contributed by atoms with Crippen LogP contribution in [0.3, 0.4) is 0 Å². The molecular formula is C9H15NO6. The normalized spacial score (nSPS) is 10.5. The first-order valence-electron chi connectivity index (χ1n) is 4.63. The third-order valence-corrected chi connectivity index (χ3v) is 1.73. The molecule has 92 valence electrons. The van der Waals surface area contributed by atoms with E-state index in [0.29, 0.717) is 0 Å². The number of nitrogens with zero attached hydrogens (tertiary/aromatic N) is 1. The minimum absolute atomic E-state index is 0.270. The summed E-state index contributed by atoms with van der Waals surface area (Å²) in [6.45, 7) is -2.86. The van der Waals surface area contributed by atoms with Crippen molar-refractivity contribution in [3.8, 4) is 0 Å². The van der Waals surface area contributed by atoms with Crippen molar-refractivity contribution in [2.75, 3.05) is 39.5 Å². The maximum absolute atomic E-state index is 10.9. The summed E-state index contributed by atoms with van der Waals surface area (Å²) in [7, 11) is 0. The minimum Gasteiger partial charge on any atom is -0.389 e. The van der Waals surface area contributed by atoms with Gasteiger partial charge in [0.05, 0.1) is 19.6 Å². The summed E-state index contributed by atoms with van der Waals surface area (Å²) in [6.07, 6.45) is 0. The van der Waals surface area contributed by atoms with Crippen LogP contribution in [0.2, 0.25) is 0 Å². The number of Topliss-reactive ketones (excluding diaryl/α,β-unsaturated/α-hetero) is 3. The van der Waals surface area contributed by atoms with Gasteiger partial charge in [0, 0.05) is 0 Å². The first-order valence-corrected chi connectivity index (χ1v) is 4.63. The van der Waals surface area contributed by atoms with E-state index in [9.17, 15) is 14.4 Å². The maximum atomic E-state index is 10.9. The van der Waals surface area contributed by atoms with E-state index >= 15 is 0 Å². The van der Waals surface area contributed by atoms with Crippen LogP contribution in [0.25, 0.3) is 0 Å². The standard InChI is InChI=1S/C9H15NO6/c11-4-7(14)1-10(2-8(15)5-12)3-9(16)6-13/h11-13H,1-6H2. The average molecular weight is 233 g/mol. The van der Waals surface area contributed by atoms with Crippen molar-refractivity contribution < 1.29 is 29.7 Å². The molecular weight excluding hydrogens is 218 g/mol. The highest BCUT2D eigenvalue weighted by molar-refractivity contribution is 5.87. The highest BCUT2D eigenvalue weighted by Crippen LogP contribution is 1.91. The lowest BCUT2D eigenvalue weighted by atomic mass is 10.3. The zero-order valence-electron chi connectivity index (χ0n) is 8.76. The van der Waals surface area contributed by atoms with Crippen molar-refractivity contribution in [2.45, 2.75) is 0 Å². The van der Waals surface area contributed by atoms with Crippen molar-refractivity contribution in [1.29, 1.82) is 0 Å². The number of aliphatic hydroxyl groups is 3. The predicted octanol–water partition coefficient (Wildman–Crippen LogP) is -3.03. The van der Waals surface area contributed by atoms with E-state index < -0.39 is 37.2 Å². The molecule has 0 amide bonds. The van der Waals surface area contributed by atoms with E-state index in [1.807, 2.05) is 0 Å². The lowest BCUT2D eigenvalue weighted by Gasteiger charge is -2.18. The smallest absolute Gasteiger partial charge is 0.172 e. The predicted molar refractivity (Wildman–Crippen MR) is 52.7 cm³/mol. The summed E-state index contributed by atoms with van der Waals surface area (Å²) in [5.41, 5.74) is 0. The summed E-state index contributed by atoms with van der Waals surface area (Å²) in [5, 5.41) is 25.6. The fourth-order valence-electron chi connectivity index (χ4n) is 1.07. The third-order valence-electron chi connectivity index (χ3n) is 1.73. The molecule has 0 rings (SSSR count). The van der Waals surface area contributed by atoms with Crippen LogP contribution in [0.15, 0.2) is 0 Å². The molecule has 0 aliphatic carbocycles. The quantitative estimate of drug-likeness (QED) is 0.388. The molecule has 7 heteroatoms. The molecule has 0 saturated heterocycles. The Morgan fingerprint density at radius 3 is 1.12 bits per heavy atom. The fourth-order valence-corrected chi connectivity index (χ4v) is 1.07. The van der Waals surface area contributed by atoms with Crippen molar-refractivity contribution in [1.82, 2.24) is 4.90 Å². The Balaban J connectivity index is 4.31. The Kier molecular flexibility index (Phi) is 7.48. The van der Waals surface area contributed by atoms with Crippen LogP contribution >= 0.6 is 0 Å². The van der Waals surface area contributed by atoms with Crippen LogP contribution in [0.1, 0.15) is 0 Å². The molecule has 3 N–H and O–H groups in total. The lowest BCUT2D eigenvalue weighted by Crippen LogP contribution is -2.40. The Bertz CT molecular complexity index is 222. The molecule has 0 heterocycles. The molecule has 0 bridgehead atoms. The van der Waals surface area contributed by atoms with Gasteiger partial charge in [-0.15, -0.1) is 0 Å². The largest absolute Gasteiger partial charge is 0.389 e. The Morgan fingerprint density at radius 2 is 0.938 bits per heavy atom. The maximum Gasteiger partial charge on any atom is 0.172 e. The molecule has 0 unspecified atom stereocenters. The first-order chi connectivity index (χ1) is 7.53. The molecule has 0 aromatic heterocycles. The van der Waals surface area contributed by atoms with Crippen molar-refractivity contribution in [3.05, 3.63) is 0 Å². The monoisotopic (exact) mass is 233 g/mol. The molecule has 7 nitrogen and oxygen atoms in total. The van der Waals surface area contributed by atoms with Crippen LogP contribution in [-0.2, 0) is 14.4 Å². The average Bonchev–Trinajstić information content (AvgIpc) is 2.28. The number of aliphatic hydroxyl groups excluding tert-OH is 3. The molecule has 16 heavy (non-hydrogen) atoms. The van der Waals surface area contributed by atoms with Gasteiger partial charge in [-0.1, -0.05) is 0 Å². The van der Waals surface area contributed by atoms with E-state index in [1.165, 1.54) is 0 Å². The summed E-state index contributed by atoms with van der Waals surface area (Å²) in [5.74, 6) is -1.63. The number of carbonyl (C=O) groups excluding carboxylic acids is 3. The van der Waals surface area contributed by atoms with Gasteiger partial charge < -0.3 is 15.3 Å². The number of carbonyl (C=O) groups is 3. The number of hydrogen-bond donors (Lipinski definition) is 3. The van der Waals surface area contributed by atoms with E-state index in [0.717, 1.165) is 4.90 Å². The summed E-state index contributed by atoms with van der Waals surface area (Å²) in [4.78, 5) is 33.9. The van der Waals surface area contributed by atoms with Crippen molar-refractivity contribution >= 4 is 17.3 Å². The third kappa shape index (κ3) is 6.36. The van der Waals surface area contributed by atoms with Gasteiger partial charge in [-0.2, -0.15) is 0 Å². The molecule has 0 fully saturated rings. The van der Waals surface area contributed by atoms with Crippen LogP contribution in [0.5, 0.6) is 0 Å². The van der Waals surface area contributed by atoms with Crippen LogP contribution in [0, 0.1) is 0 Å². The summed E-state index contributed by atoms with van der Waals surface area (Å²) >= 11 is 0. The molecule has 0 spiro atoms. The van der Waals surface area contributed by atoms with Crippen LogP contribution < -0.4 is 0 Å².